The fourth-order valence-corrected chi connectivity index (χ4v) is 6.27. The maximum Gasteiger partial charge on any atom is 0.410 e. The number of thiazole rings is 1. The summed E-state index contributed by atoms with van der Waals surface area (Å²) in [6.45, 7) is 13.6. The van der Waals surface area contributed by atoms with Crippen LogP contribution in [0.15, 0.2) is 18.3 Å². The van der Waals surface area contributed by atoms with Crippen LogP contribution in [0.25, 0.3) is 16.1 Å². The number of carbonyl (C=O) groups is 2. The minimum absolute atomic E-state index is 0.0258. The number of pyridine rings is 1. The Bertz CT molecular complexity index is 1350. The maximum absolute atomic E-state index is 12.6. The molecular formula is C27H34N4O5S. The molecule has 0 spiro atoms. The Kier molecular flexibility index (Phi) is 6.76. The van der Waals surface area contributed by atoms with Crippen LogP contribution in [0.4, 0.5) is 4.79 Å². The molecule has 1 N–H and O–H groups in total. The van der Waals surface area contributed by atoms with Gasteiger partial charge >= 0.3 is 12.1 Å². The van der Waals surface area contributed by atoms with Gasteiger partial charge in [0.25, 0.3) is 0 Å². The molecule has 0 radical (unpaired) electrons. The molecule has 1 fully saturated rings. The Morgan fingerprint density at radius 3 is 2.59 bits per heavy atom. The van der Waals surface area contributed by atoms with Gasteiger partial charge in [0.2, 0.25) is 0 Å². The number of fused-ring (bicyclic) bond motifs is 2. The van der Waals surface area contributed by atoms with Crippen molar-refractivity contribution in [3.05, 3.63) is 45.7 Å². The highest BCUT2D eigenvalue weighted by molar-refractivity contribution is 7.15. The summed E-state index contributed by atoms with van der Waals surface area (Å²) in [6, 6.07) is 3.78. The molecule has 1 unspecified atom stereocenters. The average Bonchev–Trinajstić information content (AvgIpc) is 3.46. The summed E-state index contributed by atoms with van der Waals surface area (Å²) in [5.74, 6) is -0.926. The van der Waals surface area contributed by atoms with E-state index in [1.165, 1.54) is 0 Å². The zero-order valence-corrected chi connectivity index (χ0v) is 22.9. The van der Waals surface area contributed by atoms with Gasteiger partial charge in [-0.2, -0.15) is 0 Å². The number of morpholine rings is 1. The number of carbonyl (C=O) groups excluding carboxylic acids is 1. The molecule has 0 aliphatic carbocycles. The van der Waals surface area contributed by atoms with Crippen molar-refractivity contribution in [2.45, 2.75) is 59.2 Å². The Morgan fingerprint density at radius 2 is 1.92 bits per heavy atom. The van der Waals surface area contributed by atoms with Crippen LogP contribution in [-0.4, -0.2) is 74.8 Å². The van der Waals surface area contributed by atoms with Crippen molar-refractivity contribution in [3.8, 4) is 10.6 Å². The van der Waals surface area contributed by atoms with Crippen LogP contribution in [0.3, 0.4) is 0 Å². The first kappa shape index (κ1) is 25.7. The van der Waals surface area contributed by atoms with E-state index in [1.807, 2.05) is 33.8 Å². The zero-order valence-electron chi connectivity index (χ0n) is 22.0. The highest BCUT2D eigenvalue weighted by Crippen LogP contribution is 2.36. The van der Waals surface area contributed by atoms with E-state index in [2.05, 4.69) is 22.4 Å². The second-order valence-corrected chi connectivity index (χ2v) is 11.8. The molecule has 2 aliphatic rings. The molecule has 3 aromatic rings. The van der Waals surface area contributed by atoms with Crippen LogP contribution in [0.5, 0.6) is 0 Å². The second-order valence-electron chi connectivity index (χ2n) is 10.8. The van der Waals surface area contributed by atoms with E-state index >= 15 is 0 Å². The highest BCUT2D eigenvalue weighted by atomic mass is 32.1. The lowest BCUT2D eigenvalue weighted by Crippen LogP contribution is -2.39. The third-order valence-corrected chi connectivity index (χ3v) is 8.17. The zero-order chi connectivity index (χ0) is 26.5. The molecule has 3 aromatic heterocycles. The molecule has 0 bridgehead atoms. The van der Waals surface area contributed by atoms with Gasteiger partial charge in [-0.3, -0.25) is 4.90 Å². The van der Waals surface area contributed by atoms with Crippen LogP contribution in [0.2, 0.25) is 0 Å². The highest BCUT2D eigenvalue weighted by Gasteiger charge is 2.29. The summed E-state index contributed by atoms with van der Waals surface area (Å²) in [5, 5.41) is 10.8. The topological polar surface area (TPSA) is 96.6 Å². The Balaban J connectivity index is 1.50. The molecule has 1 saturated heterocycles. The van der Waals surface area contributed by atoms with Crippen molar-refractivity contribution in [2.24, 2.45) is 0 Å². The lowest BCUT2D eigenvalue weighted by molar-refractivity contribution is 0.0187. The molecule has 5 heterocycles. The maximum atomic E-state index is 12.6. The number of carboxylic acid groups (broad SMARTS) is 1. The first-order valence-electron chi connectivity index (χ1n) is 12.7. The van der Waals surface area contributed by atoms with Crippen molar-refractivity contribution < 1.29 is 24.2 Å². The van der Waals surface area contributed by atoms with E-state index in [0.717, 1.165) is 51.0 Å². The number of hydrogen-bond acceptors (Lipinski definition) is 7. The SMILES string of the molecule is Cc1c(C(=O)O)cc2cc(-c3nc4c(s3)CN(C(=O)OC(C)(C)C)CC4)cn2c1C(C)N1CCOCC1. The van der Waals surface area contributed by atoms with Gasteiger partial charge in [0.05, 0.1) is 31.0 Å². The molecule has 10 heteroatoms. The standard InChI is InChI=1S/C27H34N4O5S/c1-16-20(25(32)33)13-19-12-18(14-31(19)23(16)17(2)29-8-10-35-11-9-29)24-28-21-6-7-30(15-22(21)37-24)26(34)36-27(3,4)5/h12-14,17H,6-11,15H2,1-5H3,(H,32,33). The van der Waals surface area contributed by atoms with Gasteiger partial charge in [-0.15, -0.1) is 11.3 Å². The third kappa shape index (κ3) is 5.10. The number of amides is 1. The van der Waals surface area contributed by atoms with E-state index in [9.17, 15) is 14.7 Å². The Labute approximate surface area is 220 Å². The van der Waals surface area contributed by atoms with Gasteiger partial charge in [0, 0.05) is 59.9 Å². The van der Waals surface area contributed by atoms with Crippen molar-refractivity contribution >= 4 is 28.9 Å². The van der Waals surface area contributed by atoms with Gasteiger partial charge < -0.3 is 23.9 Å². The van der Waals surface area contributed by atoms with Crippen molar-refractivity contribution in [2.75, 3.05) is 32.8 Å². The molecule has 0 aromatic carbocycles. The monoisotopic (exact) mass is 526 g/mol. The minimum Gasteiger partial charge on any atom is -0.478 e. The molecule has 1 amide bonds. The van der Waals surface area contributed by atoms with Crippen molar-refractivity contribution in [1.29, 1.82) is 0 Å². The first-order chi connectivity index (χ1) is 17.5. The van der Waals surface area contributed by atoms with Crippen LogP contribution in [-0.2, 0) is 22.4 Å². The predicted octanol–water partition coefficient (Wildman–Crippen LogP) is 4.76. The van der Waals surface area contributed by atoms with Crippen LogP contribution < -0.4 is 0 Å². The molecule has 37 heavy (non-hydrogen) atoms. The second kappa shape index (κ2) is 9.74. The number of nitrogens with zero attached hydrogens (tertiary/aromatic N) is 4. The van der Waals surface area contributed by atoms with E-state index in [0.29, 0.717) is 38.3 Å². The van der Waals surface area contributed by atoms with Crippen molar-refractivity contribution in [3.63, 3.8) is 0 Å². The van der Waals surface area contributed by atoms with Gasteiger partial charge in [-0.1, -0.05) is 0 Å². The number of ether oxygens (including phenoxy) is 2. The van der Waals surface area contributed by atoms with Gasteiger partial charge in [0.15, 0.2) is 0 Å². The average molecular weight is 527 g/mol. The normalized spacial score (nSPS) is 17.6. The van der Waals surface area contributed by atoms with E-state index in [1.54, 1.807) is 22.3 Å². The molecule has 2 aliphatic heterocycles. The number of aromatic carboxylic acids is 1. The number of aromatic nitrogens is 2. The summed E-state index contributed by atoms with van der Waals surface area (Å²) in [5.41, 5.74) is 4.31. The third-order valence-electron chi connectivity index (χ3n) is 7.04. The lowest BCUT2D eigenvalue weighted by Gasteiger charge is -2.33. The summed E-state index contributed by atoms with van der Waals surface area (Å²) in [7, 11) is 0. The largest absolute Gasteiger partial charge is 0.478 e. The van der Waals surface area contributed by atoms with Gasteiger partial charge in [-0.25, -0.2) is 14.6 Å². The lowest BCUT2D eigenvalue weighted by atomic mass is 10.0. The Morgan fingerprint density at radius 1 is 1.19 bits per heavy atom. The van der Waals surface area contributed by atoms with Crippen LogP contribution >= 0.6 is 11.3 Å². The molecule has 0 saturated carbocycles. The number of hydrogen-bond donors (Lipinski definition) is 1. The quantitative estimate of drug-likeness (QED) is 0.524. The molecule has 9 nitrogen and oxygen atoms in total. The van der Waals surface area contributed by atoms with E-state index in [4.69, 9.17) is 14.5 Å². The first-order valence-corrected chi connectivity index (χ1v) is 13.5. The van der Waals surface area contributed by atoms with E-state index in [-0.39, 0.29) is 12.1 Å². The van der Waals surface area contributed by atoms with Gasteiger partial charge in [0.1, 0.15) is 10.6 Å². The fraction of sp³-hybridized carbons (Fsp3) is 0.519. The van der Waals surface area contributed by atoms with Gasteiger partial charge in [-0.05, 0) is 52.3 Å². The molecule has 198 valence electrons. The van der Waals surface area contributed by atoms with Crippen LogP contribution in [0.1, 0.15) is 65.9 Å². The summed E-state index contributed by atoms with van der Waals surface area (Å²) >= 11 is 1.58. The fourth-order valence-electron chi connectivity index (χ4n) is 5.17. The van der Waals surface area contributed by atoms with Crippen molar-refractivity contribution in [1.82, 2.24) is 19.2 Å². The summed E-state index contributed by atoms with van der Waals surface area (Å²) in [6.07, 6.45) is 2.44. The number of carboxylic acids is 1. The summed E-state index contributed by atoms with van der Waals surface area (Å²) in [4.78, 5) is 34.7. The van der Waals surface area contributed by atoms with E-state index < -0.39 is 11.6 Å². The smallest absolute Gasteiger partial charge is 0.410 e. The van der Waals surface area contributed by atoms with Crippen LogP contribution in [0, 0.1) is 6.92 Å². The molecule has 5 rings (SSSR count). The molecule has 1 atom stereocenters. The summed E-state index contributed by atoms with van der Waals surface area (Å²) < 4.78 is 13.2. The number of rotatable bonds is 4. The molecular weight excluding hydrogens is 492 g/mol. The predicted molar refractivity (Wildman–Crippen MR) is 141 cm³/mol. The Hall–Kier alpha value is -2.95. The minimum atomic E-state index is -0.926.